The molecule has 0 saturated carbocycles. The number of carbonyl (C=O) groups excluding carboxylic acids is 1. The number of halogens is 3. The van der Waals surface area contributed by atoms with Crippen LogP contribution in [0.3, 0.4) is 0 Å². The smallest absolute Gasteiger partial charge is 0.230 e. The number of rotatable bonds is 9. The Bertz CT molecular complexity index is 1130. The normalized spacial score (nSPS) is 11.2. The zero-order chi connectivity index (χ0) is 23.1. The lowest BCUT2D eigenvalue weighted by molar-refractivity contribution is 0.104. The van der Waals surface area contributed by atoms with Gasteiger partial charge < -0.3 is 14.4 Å². The number of nitrogens with zero attached hydrogens (tertiary/aromatic N) is 2. The second kappa shape index (κ2) is 11.3. The highest BCUT2D eigenvalue weighted by atomic mass is 35.5. The number of hydrogen-bond donors (Lipinski definition) is 0. The van der Waals surface area contributed by atoms with Crippen LogP contribution in [0.1, 0.15) is 15.9 Å². The van der Waals surface area contributed by atoms with Crippen molar-refractivity contribution in [2.24, 2.45) is 0 Å². The van der Waals surface area contributed by atoms with Crippen molar-refractivity contribution < 1.29 is 14.3 Å². The largest absolute Gasteiger partial charge is 0.488 e. The Balaban J connectivity index is 1.87. The topological polar surface area (TPSA) is 51.7 Å². The van der Waals surface area contributed by atoms with E-state index in [0.29, 0.717) is 39.7 Å². The quantitative estimate of drug-likeness (QED) is 0.247. The summed E-state index contributed by atoms with van der Waals surface area (Å²) in [5, 5.41) is 1.18. The molecule has 0 bridgehead atoms. The van der Waals surface area contributed by atoms with Crippen molar-refractivity contribution in [1.82, 2.24) is 9.88 Å². The van der Waals surface area contributed by atoms with Crippen molar-refractivity contribution in [3.8, 4) is 17.4 Å². The predicted octanol–water partition coefficient (Wildman–Crippen LogP) is 6.67. The van der Waals surface area contributed by atoms with Gasteiger partial charge in [0.05, 0.1) is 15.6 Å². The molecule has 0 unspecified atom stereocenters. The van der Waals surface area contributed by atoms with Gasteiger partial charge in [-0.05, 0) is 50.0 Å². The molecule has 166 valence electrons. The second-order valence-electron chi connectivity index (χ2n) is 7.04. The molecule has 0 aliphatic rings. The van der Waals surface area contributed by atoms with Crippen LogP contribution in [0.15, 0.2) is 60.8 Å². The van der Waals surface area contributed by atoms with Gasteiger partial charge in [-0.2, -0.15) is 0 Å². The molecule has 1 heterocycles. The molecule has 0 radical (unpaired) electrons. The Labute approximate surface area is 202 Å². The maximum Gasteiger partial charge on any atom is 0.230 e. The fourth-order valence-electron chi connectivity index (χ4n) is 2.67. The SMILES string of the molecule is CN(C)CCOc1cc(Cl)c(Cl)cc1Oc1ncccc1C(=O)C=Cc1ccccc1Cl. The molecule has 1 aromatic heterocycles. The highest BCUT2D eigenvalue weighted by molar-refractivity contribution is 6.42. The average Bonchev–Trinajstić information content (AvgIpc) is 2.76. The second-order valence-corrected chi connectivity index (χ2v) is 8.26. The monoisotopic (exact) mass is 490 g/mol. The summed E-state index contributed by atoms with van der Waals surface area (Å²) >= 11 is 18.5. The number of ketones is 1. The van der Waals surface area contributed by atoms with Gasteiger partial charge in [-0.3, -0.25) is 4.79 Å². The number of likely N-dealkylation sites (N-methyl/N-ethyl adjacent to an activating group) is 1. The standard InChI is InChI=1S/C24H21Cl3N2O3/c1-29(2)12-13-31-22-14-19(26)20(27)15-23(22)32-24-17(7-5-11-28-24)21(30)10-9-16-6-3-4-8-18(16)25/h3-11,14-15H,12-13H2,1-2H3. The molecule has 32 heavy (non-hydrogen) atoms. The van der Waals surface area contributed by atoms with E-state index >= 15 is 0 Å². The Morgan fingerprint density at radius 3 is 2.44 bits per heavy atom. The number of allylic oxidation sites excluding steroid dienone is 1. The first-order chi connectivity index (χ1) is 15.3. The molecule has 0 aliphatic carbocycles. The maximum absolute atomic E-state index is 12.9. The third kappa shape index (κ3) is 6.47. The van der Waals surface area contributed by atoms with Crippen LogP contribution in [0.4, 0.5) is 0 Å². The van der Waals surface area contributed by atoms with E-state index in [1.165, 1.54) is 18.3 Å². The van der Waals surface area contributed by atoms with Crippen molar-refractivity contribution in [3.63, 3.8) is 0 Å². The summed E-state index contributed by atoms with van der Waals surface area (Å²) < 4.78 is 11.8. The maximum atomic E-state index is 12.9. The minimum absolute atomic E-state index is 0.122. The Morgan fingerprint density at radius 1 is 1.00 bits per heavy atom. The zero-order valence-corrected chi connectivity index (χ0v) is 19.8. The summed E-state index contributed by atoms with van der Waals surface area (Å²) in [7, 11) is 3.88. The Morgan fingerprint density at radius 2 is 1.72 bits per heavy atom. The number of aromatic nitrogens is 1. The highest BCUT2D eigenvalue weighted by Crippen LogP contribution is 2.38. The van der Waals surface area contributed by atoms with Crippen molar-refractivity contribution in [2.75, 3.05) is 27.2 Å². The van der Waals surface area contributed by atoms with Gasteiger partial charge in [0.25, 0.3) is 0 Å². The molecule has 3 rings (SSSR count). The fraction of sp³-hybridized carbons (Fsp3) is 0.167. The van der Waals surface area contributed by atoms with Crippen LogP contribution >= 0.6 is 34.8 Å². The molecule has 8 heteroatoms. The molecule has 0 atom stereocenters. The molecule has 0 aliphatic heterocycles. The van der Waals surface area contributed by atoms with E-state index in [0.717, 1.165) is 5.56 Å². The van der Waals surface area contributed by atoms with E-state index in [-0.39, 0.29) is 17.2 Å². The highest BCUT2D eigenvalue weighted by Gasteiger charge is 2.17. The van der Waals surface area contributed by atoms with Gasteiger partial charge in [-0.25, -0.2) is 4.98 Å². The first-order valence-corrected chi connectivity index (χ1v) is 10.8. The molecule has 0 amide bonds. The fourth-order valence-corrected chi connectivity index (χ4v) is 3.18. The van der Waals surface area contributed by atoms with Gasteiger partial charge in [-0.1, -0.05) is 53.0 Å². The first-order valence-electron chi connectivity index (χ1n) is 9.71. The lowest BCUT2D eigenvalue weighted by Crippen LogP contribution is -2.19. The third-order valence-corrected chi connectivity index (χ3v) is 5.41. The summed E-state index contributed by atoms with van der Waals surface area (Å²) in [6.45, 7) is 1.11. The minimum atomic E-state index is -0.289. The minimum Gasteiger partial charge on any atom is -0.488 e. The number of hydrogen-bond acceptors (Lipinski definition) is 5. The van der Waals surface area contributed by atoms with E-state index in [2.05, 4.69) is 4.98 Å². The predicted molar refractivity (Wildman–Crippen MR) is 130 cm³/mol. The lowest BCUT2D eigenvalue weighted by Gasteiger charge is -2.16. The van der Waals surface area contributed by atoms with Gasteiger partial charge in [0, 0.05) is 29.9 Å². The van der Waals surface area contributed by atoms with Gasteiger partial charge >= 0.3 is 0 Å². The molecule has 5 nitrogen and oxygen atoms in total. The van der Waals surface area contributed by atoms with Crippen LogP contribution in [-0.2, 0) is 0 Å². The molecule has 2 aromatic carbocycles. The van der Waals surface area contributed by atoms with Gasteiger partial charge in [0.1, 0.15) is 6.61 Å². The number of benzene rings is 2. The number of pyridine rings is 1. The van der Waals surface area contributed by atoms with E-state index in [1.807, 2.05) is 37.2 Å². The molecule has 0 spiro atoms. The van der Waals surface area contributed by atoms with E-state index in [1.54, 1.807) is 30.3 Å². The number of ether oxygens (including phenoxy) is 2. The van der Waals surface area contributed by atoms with E-state index in [4.69, 9.17) is 44.3 Å². The van der Waals surface area contributed by atoms with Crippen LogP contribution in [0.2, 0.25) is 15.1 Å². The summed E-state index contributed by atoms with van der Waals surface area (Å²) in [6.07, 6.45) is 4.61. The summed E-state index contributed by atoms with van der Waals surface area (Å²) in [5.74, 6) is 0.540. The number of carbonyl (C=O) groups is 1. The van der Waals surface area contributed by atoms with Crippen molar-refractivity contribution in [2.45, 2.75) is 0 Å². The van der Waals surface area contributed by atoms with Crippen LogP contribution in [0.5, 0.6) is 17.4 Å². The molecule has 0 fully saturated rings. The molecule has 0 N–H and O–H groups in total. The Hall–Kier alpha value is -2.57. The van der Waals surface area contributed by atoms with Gasteiger partial charge in [0.15, 0.2) is 17.3 Å². The third-order valence-electron chi connectivity index (χ3n) is 4.35. The van der Waals surface area contributed by atoms with Gasteiger partial charge in [-0.15, -0.1) is 0 Å². The summed E-state index contributed by atoms with van der Waals surface area (Å²) in [6, 6.07) is 13.7. The molecular weight excluding hydrogens is 471 g/mol. The Kier molecular flexibility index (Phi) is 8.53. The van der Waals surface area contributed by atoms with Crippen LogP contribution in [0.25, 0.3) is 6.08 Å². The molecule has 3 aromatic rings. The van der Waals surface area contributed by atoms with E-state index in [9.17, 15) is 4.79 Å². The van der Waals surface area contributed by atoms with E-state index < -0.39 is 0 Å². The van der Waals surface area contributed by atoms with Crippen molar-refractivity contribution >= 4 is 46.7 Å². The molecule has 0 saturated heterocycles. The van der Waals surface area contributed by atoms with Crippen molar-refractivity contribution in [3.05, 3.63) is 87.0 Å². The van der Waals surface area contributed by atoms with Crippen LogP contribution < -0.4 is 9.47 Å². The first kappa shape index (κ1) is 24.1. The summed E-state index contributed by atoms with van der Waals surface area (Å²) in [5.41, 5.74) is 1.01. The van der Waals surface area contributed by atoms with Crippen molar-refractivity contribution in [1.29, 1.82) is 0 Å². The average molecular weight is 492 g/mol. The van der Waals surface area contributed by atoms with Crippen LogP contribution in [0, 0.1) is 0 Å². The molecular formula is C24H21Cl3N2O3. The van der Waals surface area contributed by atoms with Crippen LogP contribution in [-0.4, -0.2) is 42.9 Å². The zero-order valence-electron chi connectivity index (χ0n) is 17.5. The van der Waals surface area contributed by atoms with Gasteiger partial charge in [0.2, 0.25) is 5.88 Å². The lowest BCUT2D eigenvalue weighted by atomic mass is 10.1. The summed E-state index contributed by atoms with van der Waals surface area (Å²) in [4.78, 5) is 19.1.